The van der Waals surface area contributed by atoms with Crippen molar-refractivity contribution < 1.29 is 37.2 Å². The van der Waals surface area contributed by atoms with E-state index in [9.17, 15) is 32.5 Å². The van der Waals surface area contributed by atoms with Gasteiger partial charge in [-0.05, 0) is 27.4 Å². The Bertz CT molecular complexity index is 1270. The predicted octanol–water partition coefficient (Wildman–Crippen LogP) is -0.435. The lowest BCUT2D eigenvalue weighted by Crippen LogP contribution is -2.80. The minimum absolute atomic E-state index is 0.0125. The van der Waals surface area contributed by atoms with Crippen LogP contribution in [0.25, 0.3) is 0 Å². The second kappa shape index (κ2) is 9.86. The number of carbonyl (C=O) groups is 3. The van der Waals surface area contributed by atoms with Gasteiger partial charge in [-0.3, -0.25) is 19.0 Å². The van der Waals surface area contributed by atoms with Gasteiger partial charge in [0.25, 0.3) is 21.8 Å². The van der Waals surface area contributed by atoms with Gasteiger partial charge in [-0.25, -0.2) is 9.89 Å². The Morgan fingerprint density at radius 3 is 2.83 bits per heavy atom. The third kappa shape index (κ3) is 5.07. The molecule has 2 aromatic heterocycles. The number of tetrazole rings is 1. The number of amides is 2. The molecule has 2 aliphatic heterocycles. The van der Waals surface area contributed by atoms with E-state index in [2.05, 4.69) is 25.9 Å². The zero-order valence-electron chi connectivity index (χ0n) is 17.8. The van der Waals surface area contributed by atoms with Crippen LogP contribution in [0.2, 0.25) is 0 Å². The number of nitrogens with one attached hydrogen (secondary N) is 2. The second-order valence-electron chi connectivity index (χ2n) is 7.32. The summed E-state index contributed by atoms with van der Waals surface area (Å²) in [6, 6.07) is 3.55. The summed E-state index contributed by atoms with van der Waals surface area (Å²) >= 11 is 3.26. The molecule has 4 rings (SSSR count). The van der Waals surface area contributed by atoms with E-state index >= 15 is 0 Å². The largest absolute Gasteiger partial charge is 0.477 e. The van der Waals surface area contributed by atoms with E-state index in [-0.39, 0.29) is 22.9 Å². The smallest absolute Gasteiger partial charge is 0.352 e. The number of rotatable bonds is 10. The maximum absolute atomic E-state index is 13.2. The summed E-state index contributed by atoms with van der Waals surface area (Å²) in [5, 5.41) is 25.3. The van der Waals surface area contributed by atoms with Gasteiger partial charge < -0.3 is 15.2 Å². The summed E-state index contributed by atoms with van der Waals surface area (Å²) in [5.74, 6) is -3.65. The van der Waals surface area contributed by atoms with Crippen LogP contribution in [0.15, 0.2) is 33.9 Å². The Balaban J connectivity index is 1.65. The van der Waals surface area contributed by atoms with Crippen LogP contribution in [-0.2, 0) is 35.7 Å². The fourth-order valence-corrected chi connectivity index (χ4v) is 8.19. The van der Waals surface area contributed by atoms with Gasteiger partial charge in [-0.2, -0.15) is 8.42 Å². The molecule has 0 spiro atoms. The highest BCUT2D eigenvalue weighted by atomic mass is 32.2. The molecule has 2 amide bonds. The number of H-pyrrole nitrogens is 1. The molecule has 3 atom stereocenters. The molecule has 0 aliphatic carbocycles. The topological polar surface area (TPSA) is 205 Å². The first-order valence-electron chi connectivity index (χ1n) is 9.71. The van der Waals surface area contributed by atoms with Crippen molar-refractivity contribution in [1.82, 2.24) is 30.8 Å². The van der Waals surface area contributed by atoms with Crippen LogP contribution >= 0.6 is 34.9 Å². The SMILES string of the molecule is CO[C@@]1(NC(=O)Cc2cccs2)C(=O)N2C(C(=O)O)=C(C(CS(=O)(=O)O)Sc3nnn[nH]3)CS[C@H]21. The number of nitrogens with zero attached hydrogens (tertiary/aromatic N) is 4. The van der Waals surface area contributed by atoms with E-state index in [0.717, 1.165) is 33.3 Å². The van der Waals surface area contributed by atoms with E-state index < -0.39 is 55.7 Å². The molecule has 1 saturated heterocycles. The molecule has 18 heteroatoms. The second-order valence-corrected chi connectivity index (χ2v) is 12.1. The molecular formula is C17H18N6O8S4. The maximum atomic E-state index is 13.2. The molecule has 0 aromatic carbocycles. The van der Waals surface area contributed by atoms with Crippen LogP contribution in [-0.4, -0.2) is 96.3 Å². The van der Waals surface area contributed by atoms with Crippen molar-refractivity contribution >= 4 is 62.8 Å². The third-order valence-corrected chi connectivity index (χ3v) is 9.47. The molecule has 1 fully saturated rings. The number of carboxylic acid groups (broad SMARTS) is 1. The number of ether oxygens (including phenoxy) is 1. The van der Waals surface area contributed by atoms with Crippen LogP contribution in [0.3, 0.4) is 0 Å². The van der Waals surface area contributed by atoms with Gasteiger partial charge in [-0.15, -0.1) is 28.2 Å². The predicted molar refractivity (Wildman–Crippen MR) is 124 cm³/mol. The summed E-state index contributed by atoms with van der Waals surface area (Å²) in [6.45, 7) is 0. The number of β-lactam (4-membered cyclic amide) rings is 1. The Morgan fingerprint density at radius 1 is 1.49 bits per heavy atom. The molecule has 2 aliphatic rings. The zero-order valence-corrected chi connectivity index (χ0v) is 21.0. The van der Waals surface area contributed by atoms with E-state index in [1.165, 1.54) is 18.4 Å². The number of aromatic amines is 1. The standard InChI is InChI=1S/C17H18N6O8S4/c1-31-17(18-11(24)5-8-3-2-4-32-8)14(27)23-12(13(25)26)9(6-33-15(17)23)10(7-35(28,29)30)34-16-19-21-22-20-16/h2-4,10,15H,5-7H2,1H3,(H,18,24)(H,25,26)(H,28,29,30)(H,19,20,21,22)/t10?,15-,17-/m0/s1. The van der Waals surface area contributed by atoms with Gasteiger partial charge in [-0.1, -0.05) is 17.8 Å². The number of aromatic nitrogens is 4. The normalized spacial score (nSPS) is 23.0. The molecule has 35 heavy (non-hydrogen) atoms. The van der Waals surface area contributed by atoms with E-state index in [4.69, 9.17) is 4.74 Å². The van der Waals surface area contributed by atoms with Crippen LogP contribution in [0.1, 0.15) is 4.88 Å². The Morgan fingerprint density at radius 2 is 2.26 bits per heavy atom. The van der Waals surface area contributed by atoms with Gasteiger partial charge in [0.05, 0.1) is 17.4 Å². The monoisotopic (exact) mass is 562 g/mol. The van der Waals surface area contributed by atoms with Gasteiger partial charge in [0.2, 0.25) is 11.1 Å². The van der Waals surface area contributed by atoms with Gasteiger partial charge >= 0.3 is 5.97 Å². The minimum atomic E-state index is -4.54. The molecule has 0 radical (unpaired) electrons. The molecule has 2 aromatic rings. The number of aliphatic carboxylic acids is 1. The van der Waals surface area contributed by atoms with E-state index in [0.29, 0.717) is 0 Å². The highest BCUT2D eigenvalue weighted by molar-refractivity contribution is 8.01. The number of carbonyl (C=O) groups excluding carboxylic acids is 2. The van der Waals surface area contributed by atoms with Crippen molar-refractivity contribution in [3.8, 4) is 0 Å². The van der Waals surface area contributed by atoms with Crippen molar-refractivity contribution in [1.29, 1.82) is 0 Å². The molecule has 188 valence electrons. The summed E-state index contributed by atoms with van der Waals surface area (Å²) in [7, 11) is -3.31. The lowest BCUT2D eigenvalue weighted by Gasteiger charge is -2.56. The van der Waals surface area contributed by atoms with Crippen molar-refractivity contribution in [3.05, 3.63) is 33.7 Å². The first kappa shape index (κ1) is 25.6. The average molecular weight is 563 g/mol. The van der Waals surface area contributed by atoms with Gasteiger partial charge in [0.15, 0.2) is 0 Å². The summed E-state index contributed by atoms with van der Waals surface area (Å²) in [6.07, 6.45) is 0.0125. The molecule has 14 nitrogen and oxygen atoms in total. The highest BCUT2D eigenvalue weighted by Crippen LogP contribution is 2.48. The maximum Gasteiger partial charge on any atom is 0.352 e. The lowest BCUT2D eigenvalue weighted by atomic mass is 9.97. The minimum Gasteiger partial charge on any atom is -0.477 e. The van der Waals surface area contributed by atoms with Gasteiger partial charge in [0.1, 0.15) is 11.1 Å². The molecular weight excluding hydrogens is 544 g/mol. The van der Waals surface area contributed by atoms with Gasteiger partial charge in [0, 0.05) is 17.7 Å². The fourth-order valence-electron chi connectivity index (χ4n) is 3.70. The van der Waals surface area contributed by atoms with Crippen LogP contribution in [0, 0.1) is 0 Å². The first-order chi connectivity index (χ1) is 16.6. The molecule has 0 bridgehead atoms. The number of carboxylic acids is 1. The molecule has 4 N–H and O–H groups in total. The van der Waals surface area contributed by atoms with Crippen molar-refractivity contribution in [3.63, 3.8) is 0 Å². The Hall–Kier alpha value is -2.51. The average Bonchev–Trinajstić information content (AvgIpc) is 3.49. The first-order valence-corrected chi connectivity index (χ1v) is 14.1. The highest BCUT2D eigenvalue weighted by Gasteiger charge is 2.67. The number of hydrogen-bond acceptors (Lipinski definition) is 12. The Kier molecular flexibility index (Phi) is 7.21. The van der Waals surface area contributed by atoms with Crippen molar-refractivity contribution in [2.45, 2.75) is 27.9 Å². The zero-order chi connectivity index (χ0) is 25.4. The molecule has 0 saturated carbocycles. The number of thioether (sulfide) groups is 2. The summed E-state index contributed by atoms with van der Waals surface area (Å²) in [4.78, 5) is 39.8. The van der Waals surface area contributed by atoms with Crippen LogP contribution < -0.4 is 5.32 Å². The fraction of sp³-hybridized carbons (Fsp3) is 0.412. The van der Waals surface area contributed by atoms with Crippen molar-refractivity contribution in [2.75, 3.05) is 18.6 Å². The lowest BCUT2D eigenvalue weighted by molar-refractivity contribution is -0.192. The summed E-state index contributed by atoms with van der Waals surface area (Å²) < 4.78 is 38.2. The van der Waals surface area contributed by atoms with Crippen molar-refractivity contribution in [2.24, 2.45) is 0 Å². The van der Waals surface area contributed by atoms with E-state index in [1.54, 1.807) is 12.1 Å². The molecule has 4 heterocycles. The Labute approximate surface area is 210 Å². The quantitative estimate of drug-likeness (QED) is 0.126. The number of fused-ring (bicyclic) bond motifs is 1. The van der Waals surface area contributed by atoms with Crippen LogP contribution in [0.4, 0.5) is 0 Å². The number of hydrogen-bond donors (Lipinski definition) is 4. The number of thiophene rings is 1. The van der Waals surface area contributed by atoms with Crippen LogP contribution in [0.5, 0.6) is 0 Å². The number of methoxy groups -OCH3 is 1. The molecule has 1 unspecified atom stereocenters. The van der Waals surface area contributed by atoms with E-state index in [1.807, 2.05) is 5.38 Å². The summed E-state index contributed by atoms with van der Waals surface area (Å²) in [5.41, 5.74) is -2.17. The third-order valence-electron chi connectivity index (χ3n) is 5.16.